The number of nitrogens with zero attached hydrogens (tertiary/aromatic N) is 2. The minimum absolute atomic E-state index is 0.122. The number of rotatable bonds is 4. The third-order valence-corrected chi connectivity index (χ3v) is 2.76. The fourth-order valence-electron chi connectivity index (χ4n) is 1.77. The zero-order valence-electron chi connectivity index (χ0n) is 11.0. The maximum atomic E-state index is 12.1. The van der Waals surface area contributed by atoms with Gasteiger partial charge in [-0.3, -0.25) is 14.9 Å². The molecular weight excluding hydrogens is 262 g/mol. The van der Waals surface area contributed by atoms with Crippen molar-refractivity contribution >= 4 is 17.3 Å². The third-order valence-electron chi connectivity index (χ3n) is 2.76. The number of amides is 1. The van der Waals surface area contributed by atoms with Crippen molar-refractivity contribution in [3.05, 3.63) is 52.3 Å². The zero-order valence-corrected chi connectivity index (χ0v) is 11.0. The van der Waals surface area contributed by atoms with Gasteiger partial charge < -0.3 is 14.6 Å². The number of hydrogen-bond acceptors (Lipinski definition) is 4. The van der Waals surface area contributed by atoms with Crippen molar-refractivity contribution in [2.75, 3.05) is 12.4 Å². The van der Waals surface area contributed by atoms with Gasteiger partial charge in [0.2, 0.25) is 0 Å². The Morgan fingerprint density at radius 3 is 2.75 bits per heavy atom. The number of carbonyl (C=O) groups is 1. The first-order valence-corrected chi connectivity index (χ1v) is 5.77. The number of benzene rings is 1. The van der Waals surface area contributed by atoms with Gasteiger partial charge in [0.25, 0.3) is 11.6 Å². The molecule has 0 spiro atoms. The molecule has 2 rings (SSSR count). The third kappa shape index (κ3) is 2.77. The molecule has 0 aliphatic rings. The second-order valence-electron chi connectivity index (χ2n) is 4.14. The SMILES string of the molecule is COc1cccc(NC(=O)c2cc([N+](=O)[O-])cn2C)c1. The van der Waals surface area contributed by atoms with Crippen molar-refractivity contribution in [3.63, 3.8) is 0 Å². The van der Waals surface area contributed by atoms with Gasteiger partial charge >= 0.3 is 0 Å². The van der Waals surface area contributed by atoms with Gasteiger partial charge in [-0.1, -0.05) is 6.07 Å². The largest absolute Gasteiger partial charge is 0.497 e. The van der Waals surface area contributed by atoms with Crippen LogP contribution in [0.15, 0.2) is 36.5 Å². The molecule has 1 N–H and O–H groups in total. The van der Waals surface area contributed by atoms with E-state index in [0.29, 0.717) is 11.4 Å². The van der Waals surface area contributed by atoms with Gasteiger partial charge in [-0.05, 0) is 12.1 Å². The van der Waals surface area contributed by atoms with E-state index in [1.807, 2.05) is 0 Å². The molecule has 0 atom stereocenters. The molecule has 1 aromatic carbocycles. The van der Waals surface area contributed by atoms with Crippen LogP contribution < -0.4 is 10.1 Å². The Morgan fingerprint density at radius 2 is 2.15 bits per heavy atom. The van der Waals surface area contributed by atoms with Crippen molar-refractivity contribution in [3.8, 4) is 5.75 Å². The van der Waals surface area contributed by atoms with Crippen molar-refractivity contribution in [1.29, 1.82) is 0 Å². The van der Waals surface area contributed by atoms with Crippen molar-refractivity contribution in [1.82, 2.24) is 4.57 Å². The highest BCUT2D eigenvalue weighted by Crippen LogP contribution is 2.19. The van der Waals surface area contributed by atoms with Gasteiger partial charge in [0, 0.05) is 24.9 Å². The van der Waals surface area contributed by atoms with Gasteiger partial charge in [0.1, 0.15) is 11.4 Å². The maximum absolute atomic E-state index is 12.1. The molecule has 104 valence electrons. The van der Waals surface area contributed by atoms with E-state index in [1.165, 1.54) is 23.9 Å². The highest BCUT2D eigenvalue weighted by atomic mass is 16.6. The second-order valence-corrected chi connectivity index (χ2v) is 4.14. The summed E-state index contributed by atoms with van der Waals surface area (Å²) in [5, 5.41) is 13.3. The lowest BCUT2D eigenvalue weighted by Gasteiger charge is -2.07. The average molecular weight is 275 g/mol. The highest BCUT2D eigenvalue weighted by molar-refractivity contribution is 6.03. The normalized spacial score (nSPS) is 10.1. The zero-order chi connectivity index (χ0) is 14.7. The molecule has 7 nitrogen and oxygen atoms in total. The van der Waals surface area contributed by atoms with Crippen LogP contribution in [0.5, 0.6) is 5.75 Å². The number of nitro groups is 1. The first-order chi connectivity index (χ1) is 9.51. The minimum Gasteiger partial charge on any atom is -0.497 e. The molecule has 7 heteroatoms. The van der Waals surface area contributed by atoms with Gasteiger partial charge in [-0.2, -0.15) is 0 Å². The van der Waals surface area contributed by atoms with E-state index in [4.69, 9.17) is 4.74 Å². The number of hydrogen-bond donors (Lipinski definition) is 1. The Labute approximate surface area is 114 Å². The van der Waals surface area contributed by atoms with E-state index in [1.54, 1.807) is 31.3 Å². The Hall–Kier alpha value is -2.83. The van der Waals surface area contributed by atoms with Crippen molar-refractivity contribution < 1.29 is 14.5 Å². The Bertz CT molecular complexity index is 663. The molecule has 2 aromatic rings. The molecule has 0 bridgehead atoms. The van der Waals surface area contributed by atoms with E-state index >= 15 is 0 Å². The van der Waals surface area contributed by atoms with E-state index in [-0.39, 0.29) is 11.4 Å². The summed E-state index contributed by atoms with van der Waals surface area (Å²) < 4.78 is 6.47. The summed E-state index contributed by atoms with van der Waals surface area (Å²) >= 11 is 0. The molecule has 1 heterocycles. The monoisotopic (exact) mass is 275 g/mol. The molecule has 0 saturated carbocycles. The topological polar surface area (TPSA) is 86.4 Å². The molecular formula is C13H13N3O4. The van der Waals surface area contributed by atoms with Crippen LogP contribution in [0.25, 0.3) is 0 Å². The molecule has 0 fully saturated rings. The summed E-state index contributed by atoms with van der Waals surface area (Å²) in [4.78, 5) is 22.2. The summed E-state index contributed by atoms with van der Waals surface area (Å²) in [6, 6.07) is 8.09. The molecule has 0 radical (unpaired) electrons. The van der Waals surface area contributed by atoms with E-state index in [9.17, 15) is 14.9 Å². The van der Waals surface area contributed by atoms with Crippen LogP contribution in [-0.2, 0) is 7.05 Å². The van der Waals surface area contributed by atoms with E-state index in [0.717, 1.165) is 0 Å². The summed E-state index contributed by atoms with van der Waals surface area (Å²) in [5.74, 6) is 0.189. The van der Waals surface area contributed by atoms with Crippen LogP contribution in [0.4, 0.5) is 11.4 Å². The molecule has 1 amide bonds. The first-order valence-electron chi connectivity index (χ1n) is 5.77. The minimum atomic E-state index is -0.539. The lowest BCUT2D eigenvalue weighted by Crippen LogP contribution is -2.15. The number of aryl methyl sites for hydroxylation is 1. The van der Waals surface area contributed by atoms with Crippen LogP contribution in [0.1, 0.15) is 10.5 Å². The maximum Gasteiger partial charge on any atom is 0.287 e. The lowest BCUT2D eigenvalue weighted by molar-refractivity contribution is -0.384. The van der Waals surface area contributed by atoms with Gasteiger partial charge in [-0.15, -0.1) is 0 Å². The van der Waals surface area contributed by atoms with Gasteiger partial charge in [0.15, 0.2) is 0 Å². The number of carbonyl (C=O) groups excluding carboxylic acids is 1. The number of methoxy groups -OCH3 is 1. The molecule has 0 unspecified atom stereocenters. The molecule has 1 aromatic heterocycles. The smallest absolute Gasteiger partial charge is 0.287 e. The Kier molecular flexibility index (Phi) is 3.69. The second kappa shape index (κ2) is 5.43. The Morgan fingerprint density at radius 1 is 1.40 bits per heavy atom. The predicted octanol–water partition coefficient (Wildman–Crippen LogP) is 2.19. The number of aromatic nitrogens is 1. The van der Waals surface area contributed by atoms with E-state index < -0.39 is 10.8 Å². The molecule has 0 saturated heterocycles. The average Bonchev–Trinajstić information content (AvgIpc) is 2.81. The Balaban J connectivity index is 2.21. The molecule has 0 aliphatic carbocycles. The van der Waals surface area contributed by atoms with Crippen LogP contribution in [-0.4, -0.2) is 22.5 Å². The van der Waals surface area contributed by atoms with Crippen LogP contribution >= 0.6 is 0 Å². The summed E-state index contributed by atoms with van der Waals surface area (Å²) in [6.45, 7) is 0. The van der Waals surface area contributed by atoms with Gasteiger partial charge in [0.05, 0.1) is 18.2 Å². The summed E-state index contributed by atoms with van der Waals surface area (Å²) in [7, 11) is 3.11. The van der Waals surface area contributed by atoms with Crippen LogP contribution in [0.3, 0.4) is 0 Å². The standard InChI is InChI=1S/C13H13N3O4/c1-15-8-10(16(18)19)7-12(15)13(17)14-9-4-3-5-11(6-9)20-2/h3-8H,1-2H3,(H,14,17). The van der Waals surface area contributed by atoms with Crippen molar-refractivity contribution in [2.24, 2.45) is 7.05 Å². The van der Waals surface area contributed by atoms with Crippen LogP contribution in [0.2, 0.25) is 0 Å². The quantitative estimate of drug-likeness (QED) is 0.684. The highest BCUT2D eigenvalue weighted by Gasteiger charge is 2.17. The number of nitrogens with one attached hydrogen (secondary N) is 1. The van der Waals surface area contributed by atoms with Crippen molar-refractivity contribution in [2.45, 2.75) is 0 Å². The lowest BCUT2D eigenvalue weighted by atomic mass is 10.3. The van der Waals surface area contributed by atoms with Gasteiger partial charge in [-0.25, -0.2) is 0 Å². The number of ether oxygens (including phenoxy) is 1. The first kappa shape index (κ1) is 13.6. The molecule has 20 heavy (non-hydrogen) atoms. The van der Waals surface area contributed by atoms with Crippen LogP contribution in [0, 0.1) is 10.1 Å². The fraction of sp³-hybridized carbons (Fsp3) is 0.154. The summed E-state index contributed by atoms with van der Waals surface area (Å²) in [6.07, 6.45) is 1.29. The fourth-order valence-corrected chi connectivity index (χ4v) is 1.77. The number of anilines is 1. The van der Waals surface area contributed by atoms with E-state index in [2.05, 4.69) is 5.32 Å². The predicted molar refractivity (Wildman–Crippen MR) is 73.0 cm³/mol. The summed E-state index contributed by atoms with van der Waals surface area (Å²) in [5.41, 5.74) is 0.640. The molecule has 0 aliphatic heterocycles.